The molecular formula is C11H15NO. The Labute approximate surface area is 78.6 Å². The van der Waals surface area contributed by atoms with Crippen LogP contribution in [0.2, 0.25) is 0 Å². The summed E-state index contributed by atoms with van der Waals surface area (Å²) in [4.78, 5) is 0. The lowest BCUT2D eigenvalue weighted by Gasteiger charge is -1.96. The first-order valence-electron chi connectivity index (χ1n) is 4.87. The molecule has 2 nitrogen and oxygen atoms in total. The van der Waals surface area contributed by atoms with Gasteiger partial charge in [-0.1, -0.05) is 12.2 Å². The topological polar surface area (TPSA) is 25.2 Å². The predicted octanol–water partition coefficient (Wildman–Crippen LogP) is 2.43. The van der Waals surface area contributed by atoms with Gasteiger partial charge >= 0.3 is 0 Å². The maximum absolute atomic E-state index is 4.95. The minimum atomic E-state index is 0.822. The first-order valence-corrected chi connectivity index (χ1v) is 4.87. The fraction of sp³-hybridized carbons (Fsp3) is 0.455. The van der Waals surface area contributed by atoms with E-state index in [-0.39, 0.29) is 0 Å². The molecule has 0 spiro atoms. The van der Waals surface area contributed by atoms with Crippen molar-refractivity contribution in [2.75, 3.05) is 6.54 Å². The molecule has 1 aromatic rings. The molecule has 0 radical (unpaired) electrons. The summed E-state index contributed by atoms with van der Waals surface area (Å²) < 4.78 is 4.95. The van der Waals surface area contributed by atoms with Crippen molar-refractivity contribution in [1.82, 2.24) is 5.32 Å². The van der Waals surface area contributed by atoms with Crippen molar-refractivity contribution in [1.29, 1.82) is 0 Å². The third-order valence-electron chi connectivity index (χ3n) is 2.17. The SMILES string of the molecule is C(=Cc1ccoc1)CCNC1CC1. The van der Waals surface area contributed by atoms with Gasteiger partial charge in [-0.25, -0.2) is 0 Å². The van der Waals surface area contributed by atoms with Crippen LogP contribution in [-0.4, -0.2) is 12.6 Å². The predicted molar refractivity (Wildman–Crippen MR) is 53.4 cm³/mol. The van der Waals surface area contributed by atoms with Crippen LogP contribution in [0.15, 0.2) is 29.1 Å². The molecule has 2 rings (SSSR count). The van der Waals surface area contributed by atoms with Crippen molar-refractivity contribution in [3.63, 3.8) is 0 Å². The molecule has 0 atom stereocenters. The molecule has 70 valence electrons. The Hall–Kier alpha value is -1.02. The zero-order chi connectivity index (χ0) is 8.93. The summed E-state index contributed by atoms with van der Waals surface area (Å²) in [6.07, 6.45) is 11.6. The van der Waals surface area contributed by atoms with Crippen LogP contribution in [0.4, 0.5) is 0 Å². The quantitative estimate of drug-likeness (QED) is 0.699. The lowest BCUT2D eigenvalue weighted by atomic mass is 10.3. The van der Waals surface area contributed by atoms with E-state index in [2.05, 4.69) is 17.5 Å². The average molecular weight is 177 g/mol. The van der Waals surface area contributed by atoms with E-state index in [1.54, 1.807) is 12.5 Å². The second kappa shape index (κ2) is 4.28. The number of hydrogen-bond acceptors (Lipinski definition) is 2. The van der Waals surface area contributed by atoms with Gasteiger partial charge in [0.1, 0.15) is 0 Å². The molecule has 0 amide bonds. The first kappa shape index (κ1) is 8.57. The van der Waals surface area contributed by atoms with Crippen LogP contribution in [0.3, 0.4) is 0 Å². The van der Waals surface area contributed by atoms with E-state index in [9.17, 15) is 0 Å². The van der Waals surface area contributed by atoms with E-state index in [1.165, 1.54) is 12.8 Å². The van der Waals surface area contributed by atoms with Gasteiger partial charge in [0.25, 0.3) is 0 Å². The highest BCUT2D eigenvalue weighted by molar-refractivity contribution is 5.46. The van der Waals surface area contributed by atoms with Crippen LogP contribution in [0.5, 0.6) is 0 Å². The highest BCUT2D eigenvalue weighted by Crippen LogP contribution is 2.18. The molecule has 13 heavy (non-hydrogen) atoms. The molecule has 0 saturated heterocycles. The maximum atomic E-state index is 4.95. The highest BCUT2D eigenvalue weighted by atomic mass is 16.3. The van der Waals surface area contributed by atoms with Crippen molar-refractivity contribution >= 4 is 6.08 Å². The van der Waals surface area contributed by atoms with Gasteiger partial charge in [0.05, 0.1) is 12.5 Å². The number of hydrogen-bond donors (Lipinski definition) is 1. The summed E-state index contributed by atoms with van der Waals surface area (Å²) in [5.74, 6) is 0. The fourth-order valence-electron chi connectivity index (χ4n) is 1.25. The normalized spacial score (nSPS) is 16.9. The van der Waals surface area contributed by atoms with Gasteiger partial charge in [-0.05, 0) is 31.9 Å². The van der Waals surface area contributed by atoms with E-state index in [1.807, 2.05) is 6.07 Å². The molecule has 0 aliphatic heterocycles. The Morgan fingerprint density at radius 1 is 1.54 bits per heavy atom. The van der Waals surface area contributed by atoms with Gasteiger partial charge in [0.2, 0.25) is 0 Å². The molecule has 0 aromatic carbocycles. The zero-order valence-corrected chi connectivity index (χ0v) is 7.70. The molecule has 2 heteroatoms. The largest absolute Gasteiger partial charge is 0.472 e. The minimum absolute atomic E-state index is 0.822. The van der Waals surface area contributed by atoms with Crippen LogP contribution in [0, 0.1) is 0 Å². The summed E-state index contributed by atoms with van der Waals surface area (Å²) in [5.41, 5.74) is 1.14. The van der Waals surface area contributed by atoms with Crippen LogP contribution >= 0.6 is 0 Å². The molecule has 1 aromatic heterocycles. The number of furan rings is 1. The van der Waals surface area contributed by atoms with Crippen molar-refractivity contribution in [3.8, 4) is 0 Å². The van der Waals surface area contributed by atoms with E-state index in [0.717, 1.165) is 24.6 Å². The first-order chi connectivity index (χ1) is 6.45. The summed E-state index contributed by atoms with van der Waals surface area (Å²) in [6, 6.07) is 2.78. The summed E-state index contributed by atoms with van der Waals surface area (Å²) >= 11 is 0. The van der Waals surface area contributed by atoms with Crippen LogP contribution in [-0.2, 0) is 0 Å². The zero-order valence-electron chi connectivity index (χ0n) is 7.70. The molecule has 1 N–H and O–H groups in total. The summed E-state index contributed by atoms with van der Waals surface area (Å²) in [6.45, 7) is 1.10. The Morgan fingerprint density at radius 2 is 2.46 bits per heavy atom. The second-order valence-electron chi connectivity index (χ2n) is 3.48. The van der Waals surface area contributed by atoms with Gasteiger partial charge < -0.3 is 9.73 Å². The smallest absolute Gasteiger partial charge is 0.0974 e. The maximum Gasteiger partial charge on any atom is 0.0974 e. The average Bonchev–Trinajstić information content (AvgIpc) is 2.81. The van der Waals surface area contributed by atoms with Gasteiger partial charge in [-0.15, -0.1) is 0 Å². The number of nitrogens with one attached hydrogen (secondary N) is 1. The summed E-state index contributed by atoms with van der Waals surface area (Å²) in [5, 5.41) is 3.46. The van der Waals surface area contributed by atoms with Crippen LogP contribution in [0.1, 0.15) is 24.8 Å². The lowest BCUT2D eigenvalue weighted by Crippen LogP contribution is -2.16. The van der Waals surface area contributed by atoms with Crippen molar-refractivity contribution in [3.05, 3.63) is 30.2 Å². The van der Waals surface area contributed by atoms with Crippen molar-refractivity contribution < 1.29 is 4.42 Å². The van der Waals surface area contributed by atoms with Gasteiger partial charge in [-0.3, -0.25) is 0 Å². The molecular weight excluding hydrogens is 162 g/mol. The third-order valence-corrected chi connectivity index (χ3v) is 2.17. The molecule has 0 bridgehead atoms. The molecule has 1 aliphatic carbocycles. The molecule has 1 saturated carbocycles. The second-order valence-corrected chi connectivity index (χ2v) is 3.48. The van der Waals surface area contributed by atoms with E-state index in [4.69, 9.17) is 4.42 Å². The summed E-state index contributed by atoms with van der Waals surface area (Å²) in [7, 11) is 0. The lowest BCUT2D eigenvalue weighted by molar-refractivity contribution is 0.567. The Kier molecular flexibility index (Phi) is 2.82. The van der Waals surface area contributed by atoms with Crippen LogP contribution in [0.25, 0.3) is 6.08 Å². The Balaban J connectivity index is 1.61. The third kappa shape index (κ3) is 3.07. The Morgan fingerprint density at radius 3 is 3.15 bits per heavy atom. The molecule has 1 heterocycles. The van der Waals surface area contributed by atoms with Crippen molar-refractivity contribution in [2.24, 2.45) is 0 Å². The van der Waals surface area contributed by atoms with E-state index >= 15 is 0 Å². The number of rotatable bonds is 5. The minimum Gasteiger partial charge on any atom is -0.472 e. The van der Waals surface area contributed by atoms with Crippen LogP contribution < -0.4 is 5.32 Å². The van der Waals surface area contributed by atoms with Gasteiger partial charge in [0, 0.05) is 11.6 Å². The molecule has 1 fully saturated rings. The van der Waals surface area contributed by atoms with E-state index < -0.39 is 0 Å². The fourth-order valence-corrected chi connectivity index (χ4v) is 1.25. The van der Waals surface area contributed by atoms with Gasteiger partial charge in [0.15, 0.2) is 0 Å². The highest BCUT2D eigenvalue weighted by Gasteiger charge is 2.19. The molecule has 1 aliphatic rings. The Bertz CT molecular complexity index is 260. The molecule has 0 unspecified atom stereocenters. The van der Waals surface area contributed by atoms with Crippen molar-refractivity contribution in [2.45, 2.75) is 25.3 Å². The monoisotopic (exact) mass is 177 g/mol. The van der Waals surface area contributed by atoms with Gasteiger partial charge in [-0.2, -0.15) is 0 Å². The standard InChI is InChI=1S/C11H15NO/c1(2-7-12-11-4-5-11)3-10-6-8-13-9-10/h1,3,6,8-9,11-12H,2,4-5,7H2. The van der Waals surface area contributed by atoms with E-state index in [0.29, 0.717) is 0 Å².